The molecule has 1 aliphatic rings. The van der Waals surface area contributed by atoms with Gasteiger partial charge < -0.3 is 25.5 Å². The van der Waals surface area contributed by atoms with Gasteiger partial charge in [-0.05, 0) is 24.5 Å². The molecule has 2 aromatic heterocycles. The summed E-state index contributed by atoms with van der Waals surface area (Å²) in [4.78, 5) is 20.1. The first-order valence-corrected chi connectivity index (χ1v) is 10.2. The number of aromatic nitrogens is 2. The number of methoxy groups -OCH3 is 1. The third kappa shape index (κ3) is 3.33. The second-order valence-electron chi connectivity index (χ2n) is 8.20. The number of carbonyl (C=O) groups excluding carboxylic acids is 1. The van der Waals surface area contributed by atoms with E-state index in [0.29, 0.717) is 44.5 Å². The zero-order valence-electron chi connectivity index (χ0n) is 17.3. The standard InChI is InChI=1S/C22H25ClN4O3/c1-11(2)12-5-6-13(15(23)7-12)19(28)14-8-24-20-17(14)18-16(9-25-20)26-21(29)22(3,27-18)10-30-4/h5-9,11,19,27-28H,10H2,1-4H3,(H,24,25)(H,26,29)/t19?,22-/m0/s1. The predicted octanol–water partition coefficient (Wildman–Crippen LogP) is 4.19. The Morgan fingerprint density at radius 2 is 2.07 bits per heavy atom. The summed E-state index contributed by atoms with van der Waals surface area (Å²) in [7, 11) is 1.55. The van der Waals surface area contributed by atoms with Crippen molar-refractivity contribution >= 4 is 39.9 Å². The van der Waals surface area contributed by atoms with Crippen LogP contribution in [0.5, 0.6) is 0 Å². The molecule has 3 aromatic rings. The van der Waals surface area contributed by atoms with E-state index >= 15 is 0 Å². The number of pyridine rings is 1. The zero-order valence-corrected chi connectivity index (χ0v) is 18.1. The lowest BCUT2D eigenvalue weighted by Gasteiger charge is -2.35. The van der Waals surface area contributed by atoms with E-state index in [1.54, 1.807) is 26.4 Å². The smallest absolute Gasteiger partial charge is 0.252 e. The number of anilines is 2. The Morgan fingerprint density at radius 1 is 1.30 bits per heavy atom. The fourth-order valence-electron chi connectivity index (χ4n) is 3.84. The van der Waals surface area contributed by atoms with Gasteiger partial charge in [-0.3, -0.25) is 4.79 Å². The predicted molar refractivity (Wildman–Crippen MR) is 118 cm³/mol. The van der Waals surface area contributed by atoms with Gasteiger partial charge in [-0.25, -0.2) is 4.98 Å². The van der Waals surface area contributed by atoms with Gasteiger partial charge in [-0.2, -0.15) is 0 Å². The molecule has 1 aromatic carbocycles. The molecular weight excluding hydrogens is 404 g/mol. The Bertz CT molecular complexity index is 1130. The summed E-state index contributed by atoms with van der Waals surface area (Å²) in [5.74, 6) is 0.132. The number of rotatable bonds is 5. The van der Waals surface area contributed by atoms with Gasteiger partial charge in [0.05, 0.1) is 29.6 Å². The maximum absolute atomic E-state index is 12.6. The van der Waals surface area contributed by atoms with E-state index in [1.807, 2.05) is 18.2 Å². The number of halogens is 1. The van der Waals surface area contributed by atoms with Gasteiger partial charge in [0.25, 0.3) is 5.91 Å². The first-order chi connectivity index (χ1) is 14.2. The minimum Gasteiger partial charge on any atom is -0.384 e. The average molecular weight is 429 g/mol. The minimum absolute atomic E-state index is 0.187. The van der Waals surface area contributed by atoms with E-state index in [-0.39, 0.29) is 12.5 Å². The molecule has 30 heavy (non-hydrogen) atoms. The van der Waals surface area contributed by atoms with E-state index in [9.17, 15) is 9.90 Å². The fourth-order valence-corrected chi connectivity index (χ4v) is 4.13. The van der Waals surface area contributed by atoms with E-state index in [1.165, 1.54) is 0 Å². The van der Waals surface area contributed by atoms with Crippen molar-refractivity contribution in [2.24, 2.45) is 0 Å². The van der Waals surface area contributed by atoms with Crippen molar-refractivity contribution in [3.05, 3.63) is 52.3 Å². The van der Waals surface area contributed by atoms with Gasteiger partial charge in [-0.15, -0.1) is 0 Å². The van der Waals surface area contributed by atoms with Gasteiger partial charge in [0.1, 0.15) is 17.3 Å². The lowest BCUT2D eigenvalue weighted by atomic mass is 9.94. The third-order valence-electron chi connectivity index (χ3n) is 5.60. The highest BCUT2D eigenvalue weighted by Crippen LogP contribution is 2.41. The first-order valence-electron chi connectivity index (χ1n) is 9.81. The Hall–Kier alpha value is -2.61. The number of aliphatic hydroxyl groups excluding tert-OH is 1. The summed E-state index contributed by atoms with van der Waals surface area (Å²) in [6.07, 6.45) is 2.35. The lowest BCUT2D eigenvalue weighted by Crippen LogP contribution is -2.53. The van der Waals surface area contributed by atoms with Crippen molar-refractivity contribution in [2.45, 2.75) is 38.3 Å². The number of ether oxygens (including phenoxy) is 1. The maximum Gasteiger partial charge on any atom is 0.252 e. The van der Waals surface area contributed by atoms with Crippen LogP contribution in [0.3, 0.4) is 0 Å². The van der Waals surface area contributed by atoms with Crippen molar-refractivity contribution in [1.29, 1.82) is 0 Å². The molecule has 0 fully saturated rings. The molecule has 4 N–H and O–H groups in total. The Balaban J connectivity index is 1.82. The fraction of sp³-hybridized carbons (Fsp3) is 0.364. The van der Waals surface area contributed by atoms with Crippen LogP contribution in [-0.2, 0) is 9.53 Å². The van der Waals surface area contributed by atoms with Crippen LogP contribution < -0.4 is 10.6 Å². The van der Waals surface area contributed by atoms with Crippen LogP contribution in [0.4, 0.5) is 11.4 Å². The summed E-state index contributed by atoms with van der Waals surface area (Å²) in [6.45, 7) is 6.14. The number of nitrogens with one attached hydrogen (secondary N) is 3. The number of H-pyrrole nitrogens is 1. The quantitative estimate of drug-likeness (QED) is 0.488. The molecule has 1 amide bonds. The molecule has 2 atom stereocenters. The van der Waals surface area contributed by atoms with Crippen LogP contribution in [0.25, 0.3) is 11.0 Å². The molecule has 0 saturated carbocycles. The maximum atomic E-state index is 12.6. The monoisotopic (exact) mass is 428 g/mol. The van der Waals surface area contributed by atoms with Gasteiger partial charge in [0.2, 0.25) is 0 Å². The molecule has 3 heterocycles. The highest BCUT2D eigenvalue weighted by atomic mass is 35.5. The van der Waals surface area contributed by atoms with Crippen LogP contribution >= 0.6 is 11.6 Å². The molecule has 4 rings (SSSR count). The Kier molecular flexibility index (Phi) is 5.22. The summed E-state index contributed by atoms with van der Waals surface area (Å²) < 4.78 is 5.24. The summed E-state index contributed by atoms with van der Waals surface area (Å²) in [5, 5.41) is 18.6. The first kappa shape index (κ1) is 20.7. The minimum atomic E-state index is -0.964. The van der Waals surface area contributed by atoms with Gasteiger partial charge in [0.15, 0.2) is 0 Å². The van der Waals surface area contributed by atoms with Crippen molar-refractivity contribution in [1.82, 2.24) is 9.97 Å². The van der Waals surface area contributed by atoms with E-state index < -0.39 is 11.6 Å². The van der Waals surface area contributed by atoms with Crippen molar-refractivity contribution < 1.29 is 14.6 Å². The van der Waals surface area contributed by atoms with Gasteiger partial charge in [0, 0.05) is 29.5 Å². The molecule has 8 heteroatoms. The van der Waals surface area contributed by atoms with Crippen LogP contribution in [0, 0.1) is 0 Å². The summed E-state index contributed by atoms with van der Waals surface area (Å²) in [6, 6.07) is 5.72. The Morgan fingerprint density at radius 3 is 2.73 bits per heavy atom. The number of fused-ring (bicyclic) bond motifs is 3. The molecule has 0 spiro atoms. The molecule has 0 aliphatic carbocycles. The number of carbonyl (C=O) groups is 1. The van der Waals surface area contributed by atoms with E-state index in [4.69, 9.17) is 16.3 Å². The lowest BCUT2D eigenvalue weighted by molar-refractivity contribution is -0.121. The number of benzene rings is 1. The van der Waals surface area contributed by atoms with Crippen molar-refractivity contribution in [3.8, 4) is 0 Å². The highest BCUT2D eigenvalue weighted by molar-refractivity contribution is 6.31. The van der Waals surface area contributed by atoms with Gasteiger partial charge in [-0.1, -0.05) is 37.6 Å². The van der Waals surface area contributed by atoms with Gasteiger partial charge >= 0.3 is 0 Å². The van der Waals surface area contributed by atoms with Crippen LogP contribution in [0.15, 0.2) is 30.6 Å². The SMILES string of the molecule is COC[C@]1(C)Nc2c(cnc3[nH]cc(C(O)c4ccc(C(C)C)cc4Cl)c23)NC1=O. The largest absolute Gasteiger partial charge is 0.384 e. The second-order valence-corrected chi connectivity index (χ2v) is 8.60. The molecule has 158 valence electrons. The summed E-state index contributed by atoms with van der Waals surface area (Å²) in [5.41, 5.74) is 3.22. The van der Waals surface area contributed by atoms with Crippen LogP contribution in [0.2, 0.25) is 5.02 Å². The second kappa shape index (κ2) is 7.58. The third-order valence-corrected chi connectivity index (χ3v) is 5.92. The number of hydrogen-bond donors (Lipinski definition) is 4. The number of amides is 1. The summed E-state index contributed by atoms with van der Waals surface area (Å²) >= 11 is 6.51. The van der Waals surface area contributed by atoms with Crippen LogP contribution in [0.1, 0.15) is 49.5 Å². The normalized spacial score (nSPS) is 19.5. The zero-order chi connectivity index (χ0) is 21.6. The molecule has 0 radical (unpaired) electrons. The highest BCUT2D eigenvalue weighted by Gasteiger charge is 2.39. The molecule has 0 saturated heterocycles. The number of nitrogens with zero attached hydrogens (tertiary/aromatic N) is 1. The number of aliphatic hydroxyl groups is 1. The average Bonchev–Trinajstić information content (AvgIpc) is 3.13. The topological polar surface area (TPSA) is 99.3 Å². The molecule has 7 nitrogen and oxygen atoms in total. The molecule has 1 aliphatic heterocycles. The number of hydrogen-bond acceptors (Lipinski definition) is 5. The molecular formula is C22H25ClN4O3. The number of aromatic amines is 1. The Labute approximate surface area is 179 Å². The molecule has 0 bridgehead atoms. The molecule has 1 unspecified atom stereocenters. The van der Waals surface area contributed by atoms with Crippen LogP contribution in [-0.4, -0.2) is 40.2 Å². The van der Waals surface area contributed by atoms with Crippen molar-refractivity contribution in [3.63, 3.8) is 0 Å². The van der Waals surface area contributed by atoms with E-state index in [2.05, 4.69) is 34.4 Å². The van der Waals surface area contributed by atoms with Crippen molar-refractivity contribution in [2.75, 3.05) is 24.4 Å². The van der Waals surface area contributed by atoms with E-state index in [0.717, 1.165) is 5.56 Å².